The zero-order chi connectivity index (χ0) is 14.8. The van der Waals surface area contributed by atoms with Crippen LogP contribution >= 0.6 is 0 Å². The van der Waals surface area contributed by atoms with Crippen LogP contribution in [0.3, 0.4) is 0 Å². The molecule has 0 saturated carbocycles. The highest BCUT2D eigenvalue weighted by molar-refractivity contribution is 5.95. The Morgan fingerprint density at radius 1 is 1.57 bits per heavy atom. The number of nitrogens with zero attached hydrogens (tertiary/aromatic N) is 2. The van der Waals surface area contributed by atoms with Crippen LogP contribution in [-0.2, 0) is 11.3 Å². The van der Waals surface area contributed by atoms with Crippen molar-refractivity contribution in [2.75, 3.05) is 13.2 Å². The molecule has 0 aromatic carbocycles. The lowest BCUT2D eigenvalue weighted by molar-refractivity contribution is 0.0949. The molecule has 1 aliphatic rings. The minimum Gasteiger partial charge on any atom is -0.379 e. The molecule has 2 aromatic rings. The molecule has 1 saturated heterocycles. The Balaban J connectivity index is 1.75. The first-order chi connectivity index (χ1) is 10.2. The van der Waals surface area contributed by atoms with Gasteiger partial charge in [-0.25, -0.2) is 4.98 Å². The molecule has 21 heavy (non-hydrogen) atoms. The molecule has 6 heteroatoms. The summed E-state index contributed by atoms with van der Waals surface area (Å²) in [5.41, 5.74) is 2.83. The van der Waals surface area contributed by atoms with E-state index < -0.39 is 0 Å². The second-order valence-electron chi connectivity index (χ2n) is 5.39. The number of amides is 1. The fraction of sp³-hybridized carbons (Fsp3) is 0.467. The number of aryl methyl sites for hydroxylation is 1. The molecule has 112 valence electrons. The largest absolute Gasteiger partial charge is 0.379 e. The smallest absolute Gasteiger partial charge is 0.253 e. The van der Waals surface area contributed by atoms with Crippen LogP contribution in [0.25, 0.3) is 0 Å². The Kier molecular flexibility index (Phi) is 3.79. The molecule has 1 fully saturated rings. The van der Waals surface area contributed by atoms with Crippen LogP contribution in [-0.4, -0.2) is 33.7 Å². The van der Waals surface area contributed by atoms with Crippen LogP contribution in [0.15, 0.2) is 18.5 Å². The monoisotopic (exact) mass is 288 g/mol. The quantitative estimate of drug-likeness (QED) is 0.900. The maximum Gasteiger partial charge on any atom is 0.253 e. The van der Waals surface area contributed by atoms with E-state index in [9.17, 15) is 4.79 Å². The van der Waals surface area contributed by atoms with Gasteiger partial charge in [0.15, 0.2) is 0 Å². The maximum absolute atomic E-state index is 12.3. The summed E-state index contributed by atoms with van der Waals surface area (Å²) in [6.45, 7) is 5.95. The van der Waals surface area contributed by atoms with Crippen molar-refractivity contribution in [1.82, 2.24) is 19.9 Å². The normalized spacial score (nSPS) is 18.1. The maximum atomic E-state index is 12.3. The molecule has 0 bridgehead atoms. The van der Waals surface area contributed by atoms with Crippen LogP contribution in [0.5, 0.6) is 0 Å². The molecular formula is C15H20N4O2. The predicted octanol–water partition coefficient (Wildman–Crippen LogP) is 1.72. The summed E-state index contributed by atoms with van der Waals surface area (Å²) in [5.74, 6) is 0.686. The number of rotatable bonds is 4. The van der Waals surface area contributed by atoms with Gasteiger partial charge in [-0.3, -0.25) is 4.79 Å². The summed E-state index contributed by atoms with van der Waals surface area (Å²) in [5, 5.41) is 2.90. The molecule has 1 unspecified atom stereocenters. The number of H-pyrrole nitrogens is 1. The van der Waals surface area contributed by atoms with E-state index in [0.717, 1.165) is 42.4 Å². The van der Waals surface area contributed by atoms with Gasteiger partial charge in [-0.1, -0.05) is 0 Å². The number of aromatic nitrogens is 3. The van der Waals surface area contributed by atoms with Gasteiger partial charge in [0.1, 0.15) is 5.82 Å². The van der Waals surface area contributed by atoms with E-state index in [1.54, 1.807) is 12.4 Å². The number of ether oxygens (including phenoxy) is 1. The lowest BCUT2D eigenvalue weighted by Crippen LogP contribution is -2.24. The highest BCUT2D eigenvalue weighted by Gasteiger charge is 2.23. The van der Waals surface area contributed by atoms with Crippen molar-refractivity contribution in [1.29, 1.82) is 0 Å². The van der Waals surface area contributed by atoms with Crippen molar-refractivity contribution in [3.05, 3.63) is 41.2 Å². The number of imidazole rings is 1. The van der Waals surface area contributed by atoms with Gasteiger partial charge in [0.25, 0.3) is 5.91 Å². The standard InChI is InChI=1S/C15H20N4O2/c1-10-7-13(11(2)19(10)12-3-6-21-9-12)15(20)18-8-14-16-4-5-17-14/h4-5,7,12H,3,6,8-9H2,1-2H3,(H,16,17)(H,18,20). The minimum atomic E-state index is -0.0651. The zero-order valence-electron chi connectivity index (χ0n) is 12.3. The van der Waals surface area contributed by atoms with Crippen LogP contribution in [0.1, 0.15) is 40.0 Å². The Hall–Kier alpha value is -2.08. The molecule has 3 heterocycles. The van der Waals surface area contributed by atoms with E-state index in [2.05, 4.69) is 19.9 Å². The van der Waals surface area contributed by atoms with E-state index in [1.165, 1.54) is 0 Å². The van der Waals surface area contributed by atoms with Gasteiger partial charge in [0, 0.05) is 30.4 Å². The minimum absolute atomic E-state index is 0.0651. The number of nitrogens with one attached hydrogen (secondary N) is 2. The van der Waals surface area contributed by atoms with Crippen LogP contribution < -0.4 is 5.32 Å². The third-order valence-electron chi connectivity index (χ3n) is 3.97. The van der Waals surface area contributed by atoms with Crippen LogP contribution in [0.2, 0.25) is 0 Å². The highest BCUT2D eigenvalue weighted by Crippen LogP contribution is 2.26. The molecule has 1 amide bonds. The van der Waals surface area contributed by atoms with Gasteiger partial charge >= 0.3 is 0 Å². The fourth-order valence-corrected chi connectivity index (χ4v) is 2.95. The number of aromatic amines is 1. The number of carbonyl (C=O) groups excluding carboxylic acids is 1. The molecule has 0 aliphatic carbocycles. The Labute approximate surface area is 123 Å². The van der Waals surface area contributed by atoms with Crippen molar-refractivity contribution in [2.45, 2.75) is 32.9 Å². The molecule has 2 aromatic heterocycles. The van der Waals surface area contributed by atoms with E-state index in [-0.39, 0.29) is 5.91 Å². The molecule has 3 rings (SSSR count). The summed E-state index contributed by atoms with van der Waals surface area (Å²) in [7, 11) is 0. The zero-order valence-corrected chi connectivity index (χ0v) is 12.3. The molecule has 1 aliphatic heterocycles. The molecule has 6 nitrogen and oxygen atoms in total. The second kappa shape index (κ2) is 5.73. The van der Waals surface area contributed by atoms with Gasteiger partial charge in [-0.2, -0.15) is 0 Å². The summed E-state index contributed by atoms with van der Waals surface area (Å²) in [6.07, 6.45) is 4.42. The molecule has 0 spiro atoms. The summed E-state index contributed by atoms with van der Waals surface area (Å²) < 4.78 is 7.67. The fourth-order valence-electron chi connectivity index (χ4n) is 2.95. The van der Waals surface area contributed by atoms with Gasteiger partial charge in [0.05, 0.1) is 24.8 Å². The van der Waals surface area contributed by atoms with Crippen molar-refractivity contribution in [3.8, 4) is 0 Å². The average Bonchev–Trinajstić information content (AvgIpc) is 3.18. The van der Waals surface area contributed by atoms with Gasteiger partial charge in [-0.15, -0.1) is 0 Å². The van der Waals surface area contributed by atoms with Crippen molar-refractivity contribution < 1.29 is 9.53 Å². The molecule has 2 N–H and O–H groups in total. The van der Waals surface area contributed by atoms with Gasteiger partial charge in [0.2, 0.25) is 0 Å². The number of carbonyl (C=O) groups is 1. The van der Waals surface area contributed by atoms with Crippen molar-refractivity contribution in [3.63, 3.8) is 0 Å². The van der Waals surface area contributed by atoms with Gasteiger partial charge in [-0.05, 0) is 26.3 Å². The first-order valence-corrected chi connectivity index (χ1v) is 7.19. The molecule has 1 atom stereocenters. The first-order valence-electron chi connectivity index (χ1n) is 7.19. The average molecular weight is 288 g/mol. The highest BCUT2D eigenvalue weighted by atomic mass is 16.5. The molecule has 0 radical (unpaired) electrons. The van der Waals surface area contributed by atoms with E-state index >= 15 is 0 Å². The Bertz CT molecular complexity index is 624. The summed E-state index contributed by atoms with van der Waals surface area (Å²) in [6, 6.07) is 2.29. The SMILES string of the molecule is Cc1cc(C(=O)NCc2ncc[nH]2)c(C)n1C1CCOC1. The Morgan fingerprint density at radius 2 is 2.43 bits per heavy atom. The van der Waals surface area contributed by atoms with Crippen molar-refractivity contribution in [2.24, 2.45) is 0 Å². The number of hydrogen-bond donors (Lipinski definition) is 2. The third-order valence-corrected chi connectivity index (χ3v) is 3.97. The summed E-state index contributed by atoms with van der Waals surface area (Å²) in [4.78, 5) is 19.4. The van der Waals surface area contributed by atoms with Crippen molar-refractivity contribution >= 4 is 5.91 Å². The first kappa shape index (κ1) is 13.9. The van der Waals surface area contributed by atoms with Crippen LogP contribution in [0, 0.1) is 13.8 Å². The third kappa shape index (κ3) is 2.71. The lowest BCUT2D eigenvalue weighted by atomic mass is 10.2. The number of hydrogen-bond acceptors (Lipinski definition) is 3. The van der Waals surface area contributed by atoms with E-state index in [0.29, 0.717) is 12.6 Å². The molecular weight excluding hydrogens is 268 g/mol. The topological polar surface area (TPSA) is 71.9 Å². The van der Waals surface area contributed by atoms with E-state index in [1.807, 2.05) is 19.9 Å². The predicted molar refractivity (Wildman–Crippen MR) is 78.1 cm³/mol. The summed E-state index contributed by atoms with van der Waals surface area (Å²) >= 11 is 0. The van der Waals surface area contributed by atoms with Gasteiger partial charge < -0.3 is 19.6 Å². The van der Waals surface area contributed by atoms with Crippen LogP contribution in [0.4, 0.5) is 0 Å². The van der Waals surface area contributed by atoms with E-state index in [4.69, 9.17) is 4.74 Å². The Morgan fingerprint density at radius 3 is 3.10 bits per heavy atom. The second-order valence-corrected chi connectivity index (χ2v) is 5.39. The lowest BCUT2D eigenvalue weighted by Gasteiger charge is -2.16.